The number of carbonyl (C=O) groups excluding carboxylic acids is 1. The summed E-state index contributed by atoms with van der Waals surface area (Å²) in [7, 11) is 1.60. The van der Waals surface area contributed by atoms with Crippen LogP contribution in [0.15, 0.2) is 48.5 Å². The average Bonchev–Trinajstić information content (AvgIpc) is 2.54. The third-order valence-electron chi connectivity index (χ3n) is 3.21. The first-order valence-corrected chi connectivity index (χ1v) is 7.06. The van der Waals surface area contributed by atoms with Crippen molar-refractivity contribution in [2.75, 3.05) is 12.4 Å². The predicted molar refractivity (Wildman–Crippen MR) is 87.7 cm³/mol. The van der Waals surface area contributed by atoms with Gasteiger partial charge in [0.25, 0.3) is 5.91 Å². The highest BCUT2D eigenvalue weighted by molar-refractivity contribution is 6.28. The third-order valence-corrected chi connectivity index (χ3v) is 3.38. The van der Waals surface area contributed by atoms with Crippen LogP contribution < -0.4 is 10.6 Å². The van der Waals surface area contributed by atoms with Gasteiger partial charge < -0.3 is 10.6 Å². The second-order valence-corrected chi connectivity index (χ2v) is 4.98. The number of halogens is 1. The molecule has 6 heteroatoms. The minimum atomic E-state index is -0.123. The quantitative estimate of drug-likeness (QED) is 0.728. The number of fused-ring (bicyclic) bond motifs is 1. The highest BCUT2D eigenvalue weighted by atomic mass is 35.5. The van der Waals surface area contributed by atoms with E-state index < -0.39 is 0 Å². The molecule has 0 aliphatic carbocycles. The Bertz CT molecular complexity index is 833. The third kappa shape index (κ3) is 2.84. The van der Waals surface area contributed by atoms with Crippen LogP contribution in [0.3, 0.4) is 0 Å². The first-order valence-electron chi connectivity index (χ1n) is 6.69. The summed E-state index contributed by atoms with van der Waals surface area (Å²) in [5, 5.41) is 6.85. The zero-order valence-corrected chi connectivity index (χ0v) is 12.6. The average molecular weight is 313 g/mol. The fourth-order valence-corrected chi connectivity index (χ4v) is 2.31. The highest BCUT2D eigenvalue weighted by Crippen LogP contribution is 2.25. The van der Waals surface area contributed by atoms with Gasteiger partial charge in [0.1, 0.15) is 5.82 Å². The van der Waals surface area contributed by atoms with Gasteiger partial charge in [-0.1, -0.05) is 12.1 Å². The van der Waals surface area contributed by atoms with Crippen LogP contribution >= 0.6 is 11.6 Å². The number of rotatable bonds is 3. The molecule has 0 aliphatic rings. The van der Waals surface area contributed by atoms with E-state index in [2.05, 4.69) is 20.6 Å². The molecule has 0 atom stereocenters. The maximum absolute atomic E-state index is 11.5. The van der Waals surface area contributed by atoms with Crippen molar-refractivity contribution in [3.63, 3.8) is 0 Å². The van der Waals surface area contributed by atoms with Gasteiger partial charge in [0.05, 0.1) is 5.52 Å². The summed E-state index contributed by atoms with van der Waals surface area (Å²) >= 11 is 5.96. The highest BCUT2D eigenvalue weighted by Gasteiger charge is 2.07. The Balaban J connectivity index is 1.94. The SMILES string of the molecule is CNC(=O)c1ccc(Nc2nc(Cl)nc3ccccc23)cc1. The number of hydrogen-bond acceptors (Lipinski definition) is 4. The second kappa shape index (κ2) is 5.99. The van der Waals surface area contributed by atoms with Crippen LogP contribution in [-0.4, -0.2) is 22.9 Å². The Morgan fingerprint density at radius 3 is 2.50 bits per heavy atom. The van der Waals surface area contributed by atoms with E-state index in [4.69, 9.17) is 11.6 Å². The molecule has 1 amide bonds. The normalized spacial score (nSPS) is 10.5. The van der Waals surface area contributed by atoms with Crippen molar-refractivity contribution < 1.29 is 4.79 Å². The number of para-hydroxylation sites is 1. The number of hydrogen-bond donors (Lipinski definition) is 2. The summed E-state index contributed by atoms with van der Waals surface area (Å²) < 4.78 is 0. The molecule has 0 aliphatic heterocycles. The Kier molecular flexibility index (Phi) is 3.89. The van der Waals surface area contributed by atoms with Crippen LogP contribution in [0, 0.1) is 0 Å². The minimum Gasteiger partial charge on any atom is -0.355 e. The number of nitrogens with one attached hydrogen (secondary N) is 2. The van der Waals surface area contributed by atoms with Gasteiger partial charge in [0, 0.05) is 23.7 Å². The number of carbonyl (C=O) groups is 1. The standard InChI is InChI=1S/C16H13ClN4O/c1-18-15(22)10-6-8-11(9-7-10)19-14-12-4-2-3-5-13(12)20-16(17)21-14/h2-9H,1H3,(H,18,22)(H,19,20,21). The van der Waals surface area contributed by atoms with Gasteiger partial charge in [-0.25, -0.2) is 4.98 Å². The fraction of sp³-hybridized carbons (Fsp3) is 0.0625. The van der Waals surface area contributed by atoms with Gasteiger partial charge in [-0.2, -0.15) is 4.98 Å². The van der Waals surface area contributed by atoms with Crippen LogP contribution in [-0.2, 0) is 0 Å². The molecular weight excluding hydrogens is 300 g/mol. The van der Waals surface area contributed by atoms with Gasteiger partial charge in [0.2, 0.25) is 5.28 Å². The molecule has 1 aromatic heterocycles. The number of amides is 1. The second-order valence-electron chi connectivity index (χ2n) is 4.64. The lowest BCUT2D eigenvalue weighted by Gasteiger charge is -2.09. The lowest BCUT2D eigenvalue weighted by molar-refractivity contribution is 0.0963. The van der Waals surface area contributed by atoms with Crippen LogP contribution in [0.5, 0.6) is 0 Å². The molecule has 0 fully saturated rings. The monoisotopic (exact) mass is 312 g/mol. The van der Waals surface area contributed by atoms with Gasteiger partial charge >= 0.3 is 0 Å². The molecule has 0 saturated carbocycles. The van der Waals surface area contributed by atoms with E-state index >= 15 is 0 Å². The van der Waals surface area contributed by atoms with Crippen molar-refractivity contribution in [1.29, 1.82) is 0 Å². The number of anilines is 2. The number of aromatic nitrogens is 2. The molecule has 5 nitrogen and oxygen atoms in total. The smallest absolute Gasteiger partial charge is 0.251 e. The minimum absolute atomic E-state index is 0.123. The zero-order valence-electron chi connectivity index (χ0n) is 11.8. The van der Waals surface area contributed by atoms with E-state index in [0.717, 1.165) is 16.6 Å². The molecule has 0 bridgehead atoms. The first kappa shape index (κ1) is 14.3. The van der Waals surface area contributed by atoms with E-state index in [1.807, 2.05) is 36.4 Å². The van der Waals surface area contributed by atoms with Crippen LogP contribution in [0.2, 0.25) is 5.28 Å². The van der Waals surface area contributed by atoms with Crippen molar-refractivity contribution in [2.24, 2.45) is 0 Å². The molecule has 3 aromatic rings. The maximum Gasteiger partial charge on any atom is 0.251 e. The van der Waals surface area contributed by atoms with Crippen LogP contribution in [0.1, 0.15) is 10.4 Å². The van der Waals surface area contributed by atoms with Crippen molar-refractivity contribution >= 4 is 39.9 Å². The first-order chi connectivity index (χ1) is 10.7. The Hall–Kier alpha value is -2.66. The molecule has 22 heavy (non-hydrogen) atoms. The number of benzene rings is 2. The van der Waals surface area contributed by atoms with Crippen LogP contribution in [0.25, 0.3) is 10.9 Å². The van der Waals surface area contributed by atoms with Gasteiger partial charge in [-0.3, -0.25) is 4.79 Å². The summed E-state index contributed by atoms with van der Waals surface area (Å²) in [5.74, 6) is 0.505. The lowest BCUT2D eigenvalue weighted by atomic mass is 10.2. The van der Waals surface area contributed by atoms with Crippen molar-refractivity contribution in [1.82, 2.24) is 15.3 Å². The number of nitrogens with zero attached hydrogens (tertiary/aromatic N) is 2. The maximum atomic E-state index is 11.5. The molecule has 2 aromatic carbocycles. The van der Waals surface area contributed by atoms with E-state index in [1.165, 1.54) is 0 Å². The largest absolute Gasteiger partial charge is 0.355 e. The summed E-state index contributed by atoms with van der Waals surface area (Å²) in [6.07, 6.45) is 0. The van der Waals surface area contributed by atoms with Crippen molar-refractivity contribution in [3.8, 4) is 0 Å². The predicted octanol–water partition coefficient (Wildman–Crippen LogP) is 3.39. The lowest BCUT2D eigenvalue weighted by Crippen LogP contribution is -2.17. The van der Waals surface area contributed by atoms with Gasteiger partial charge in [-0.05, 0) is 48.0 Å². The van der Waals surface area contributed by atoms with E-state index in [1.54, 1.807) is 19.2 Å². The topological polar surface area (TPSA) is 66.9 Å². The van der Waals surface area contributed by atoms with E-state index in [9.17, 15) is 4.79 Å². The summed E-state index contributed by atoms with van der Waals surface area (Å²) in [6, 6.07) is 14.7. The molecule has 1 heterocycles. The van der Waals surface area contributed by atoms with Gasteiger partial charge in [0.15, 0.2) is 0 Å². The summed E-state index contributed by atoms with van der Waals surface area (Å²) in [5.41, 5.74) is 2.18. The molecule has 0 radical (unpaired) electrons. The fourth-order valence-electron chi connectivity index (χ4n) is 2.13. The van der Waals surface area contributed by atoms with E-state index in [0.29, 0.717) is 11.4 Å². The molecule has 0 spiro atoms. The summed E-state index contributed by atoms with van der Waals surface area (Å²) in [4.78, 5) is 20.0. The molecule has 110 valence electrons. The molecule has 0 saturated heterocycles. The van der Waals surface area contributed by atoms with Crippen LogP contribution in [0.4, 0.5) is 11.5 Å². The van der Waals surface area contributed by atoms with Crippen molar-refractivity contribution in [3.05, 3.63) is 59.4 Å². The van der Waals surface area contributed by atoms with Crippen molar-refractivity contribution in [2.45, 2.75) is 0 Å². The Labute approximate surface area is 132 Å². The molecule has 3 rings (SSSR count). The summed E-state index contributed by atoms with van der Waals surface area (Å²) in [6.45, 7) is 0. The Morgan fingerprint density at radius 1 is 1.05 bits per heavy atom. The Morgan fingerprint density at radius 2 is 1.77 bits per heavy atom. The molecule has 0 unspecified atom stereocenters. The molecular formula is C16H13ClN4O. The zero-order chi connectivity index (χ0) is 15.5. The molecule has 2 N–H and O–H groups in total. The van der Waals surface area contributed by atoms with E-state index in [-0.39, 0.29) is 11.2 Å². The van der Waals surface area contributed by atoms with Gasteiger partial charge in [-0.15, -0.1) is 0 Å².